The van der Waals surface area contributed by atoms with Crippen molar-refractivity contribution in [1.82, 2.24) is 4.31 Å². The molecule has 1 amide bonds. The fourth-order valence-corrected chi connectivity index (χ4v) is 6.66. The van der Waals surface area contributed by atoms with Gasteiger partial charge in [-0.3, -0.25) is 4.79 Å². The Morgan fingerprint density at radius 1 is 1.20 bits per heavy atom. The molecule has 7 nitrogen and oxygen atoms in total. The second-order valence-corrected chi connectivity index (χ2v) is 11.0. The highest BCUT2D eigenvalue weighted by molar-refractivity contribution is 7.91. The van der Waals surface area contributed by atoms with Gasteiger partial charge in [-0.15, -0.1) is 11.3 Å². The summed E-state index contributed by atoms with van der Waals surface area (Å²) in [6.07, 6.45) is 1.23. The average molecular weight is 447 g/mol. The summed E-state index contributed by atoms with van der Waals surface area (Å²) in [6.45, 7) is 4.24. The Kier molecular flexibility index (Phi) is 5.52. The number of aryl methyl sites for hydroxylation is 2. The van der Waals surface area contributed by atoms with Gasteiger partial charge in [-0.25, -0.2) is 13.2 Å². The normalized spacial score (nSPS) is 17.9. The molecule has 1 atom stereocenters. The minimum absolute atomic E-state index is 0.146. The third-order valence-corrected chi connectivity index (χ3v) is 8.62. The molecule has 9 heteroatoms. The third kappa shape index (κ3) is 4.05. The second-order valence-electron chi connectivity index (χ2n) is 7.52. The van der Waals surface area contributed by atoms with E-state index in [-0.39, 0.29) is 12.5 Å². The minimum Gasteiger partial charge on any atom is -0.423 e. The Morgan fingerprint density at radius 3 is 2.73 bits per heavy atom. The van der Waals surface area contributed by atoms with E-state index in [9.17, 15) is 18.0 Å². The van der Waals surface area contributed by atoms with Gasteiger partial charge in [0.25, 0.3) is 10.0 Å². The molecule has 158 valence electrons. The number of hydrogen-bond acceptors (Lipinski definition) is 6. The molecule has 30 heavy (non-hydrogen) atoms. The van der Waals surface area contributed by atoms with Crippen molar-refractivity contribution in [3.05, 3.63) is 57.3 Å². The number of nitrogens with one attached hydrogen (secondary N) is 1. The molecule has 0 radical (unpaired) electrons. The number of amides is 1. The first-order valence-electron chi connectivity index (χ1n) is 9.66. The lowest BCUT2D eigenvalue weighted by molar-refractivity contribution is -0.120. The highest BCUT2D eigenvalue weighted by Gasteiger charge is 2.34. The number of benzene rings is 1. The standard InChI is InChI=1S/C21H22N2O5S2/c1-13-10-19(24)28-18-11-16(6-7-17(13)18)22-21(25)15-4-3-9-23(12-15)30(26,27)20-8-5-14(2)29-20/h5-8,10-11,15H,3-4,9,12H2,1-2H3,(H,22,25). The van der Waals surface area contributed by atoms with Gasteiger partial charge in [-0.05, 0) is 56.5 Å². The minimum atomic E-state index is -3.60. The molecule has 3 aromatic rings. The van der Waals surface area contributed by atoms with Crippen molar-refractivity contribution >= 4 is 43.9 Å². The number of thiophene rings is 1. The summed E-state index contributed by atoms with van der Waals surface area (Å²) in [5.41, 5.74) is 1.27. The number of rotatable bonds is 4. The Balaban J connectivity index is 1.51. The van der Waals surface area contributed by atoms with E-state index in [0.717, 1.165) is 15.8 Å². The van der Waals surface area contributed by atoms with Crippen LogP contribution in [0.15, 0.2) is 49.8 Å². The summed E-state index contributed by atoms with van der Waals surface area (Å²) >= 11 is 1.24. The van der Waals surface area contributed by atoms with Gasteiger partial charge < -0.3 is 9.73 Å². The summed E-state index contributed by atoms with van der Waals surface area (Å²) in [5.74, 6) is -0.693. The number of carbonyl (C=O) groups is 1. The second kappa shape index (κ2) is 7.98. The van der Waals surface area contributed by atoms with E-state index in [0.29, 0.717) is 34.9 Å². The third-order valence-electron chi connectivity index (χ3n) is 5.28. The predicted molar refractivity (Wildman–Crippen MR) is 116 cm³/mol. The SMILES string of the molecule is Cc1ccc(S(=O)(=O)N2CCCC(C(=O)Nc3ccc4c(C)cc(=O)oc4c3)C2)s1. The first-order valence-corrected chi connectivity index (χ1v) is 11.9. The number of sulfonamides is 1. The predicted octanol–water partition coefficient (Wildman–Crippen LogP) is 3.51. The molecular weight excluding hydrogens is 424 g/mol. The summed E-state index contributed by atoms with van der Waals surface area (Å²) in [7, 11) is -3.60. The maximum atomic E-state index is 12.9. The van der Waals surface area contributed by atoms with E-state index in [2.05, 4.69) is 5.32 Å². The monoisotopic (exact) mass is 446 g/mol. The van der Waals surface area contributed by atoms with Gasteiger partial charge in [-0.1, -0.05) is 0 Å². The number of piperidine rings is 1. The van der Waals surface area contributed by atoms with Crippen molar-refractivity contribution in [2.45, 2.75) is 30.9 Å². The van der Waals surface area contributed by atoms with Crippen LogP contribution in [-0.2, 0) is 14.8 Å². The van der Waals surface area contributed by atoms with Crippen LogP contribution in [0.1, 0.15) is 23.3 Å². The Bertz CT molecular complexity index is 1280. The van der Waals surface area contributed by atoms with Gasteiger partial charge >= 0.3 is 5.63 Å². The van der Waals surface area contributed by atoms with Crippen LogP contribution in [0.25, 0.3) is 11.0 Å². The molecule has 0 saturated carbocycles. The van der Waals surface area contributed by atoms with Crippen LogP contribution in [0.4, 0.5) is 5.69 Å². The summed E-state index contributed by atoms with van der Waals surface area (Å²) in [4.78, 5) is 25.4. The van der Waals surface area contributed by atoms with Crippen molar-refractivity contribution in [2.75, 3.05) is 18.4 Å². The summed E-state index contributed by atoms with van der Waals surface area (Å²) in [6, 6.07) is 9.98. The zero-order valence-electron chi connectivity index (χ0n) is 16.7. The zero-order valence-corrected chi connectivity index (χ0v) is 18.3. The molecular formula is C21H22N2O5S2. The molecule has 1 fully saturated rings. The Morgan fingerprint density at radius 2 is 2.00 bits per heavy atom. The van der Waals surface area contributed by atoms with E-state index in [1.165, 1.54) is 21.7 Å². The lowest BCUT2D eigenvalue weighted by atomic mass is 9.98. The van der Waals surface area contributed by atoms with Crippen molar-refractivity contribution in [1.29, 1.82) is 0 Å². The number of fused-ring (bicyclic) bond motifs is 1. The van der Waals surface area contributed by atoms with Crippen LogP contribution in [0.3, 0.4) is 0 Å². The van der Waals surface area contributed by atoms with Crippen molar-refractivity contribution < 1.29 is 17.6 Å². The maximum absolute atomic E-state index is 12.9. The van der Waals surface area contributed by atoms with Crippen molar-refractivity contribution in [3.63, 3.8) is 0 Å². The largest absolute Gasteiger partial charge is 0.423 e. The molecule has 1 aromatic carbocycles. The molecule has 0 bridgehead atoms. The van der Waals surface area contributed by atoms with E-state index in [4.69, 9.17) is 4.42 Å². The van der Waals surface area contributed by atoms with Gasteiger partial charge in [0.2, 0.25) is 5.91 Å². The van der Waals surface area contributed by atoms with Crippen molar-refractivity contribution in [3.8, 4) is 0 Å². The Hall–Kier alpha value is -2.49. The molecule has 0 spiro atoms. The average Bonchev–Trinajstić information content (AvgIpc) is 3.15. The Labute approximate surface area is 178 Å². The van der Waals surface area contributed by atoms with Crippen LogP contribution in [0.2, 0.25) is 0 Å². The number of nitrogens with zero attached hydrogens (tertiary/aromatic N) is 1. The zero-order chi connectivity index (χ0) is 21.5. The quantitative estimate of drug-likeness (QED) is 0.619. The van der Waals surface area contributed by atoms with Gasteiger partial charge in [0.05, 0.1) is 5.92 Å². The highest BCUT2D eigenvalue weighted by Crippen LogP contribution is 2.29. The topological polar surface area (TPSA) is 96.7 Å². The molecule has 4 rings (SSSR count). The lowest BCUT2D eigenvalue weighted by Gasteiger charge is -2.30. The fourth-order valence-electron chi connectivity index (χ4n) is 3.70. The van der Waals surface area contributed by atoms with E-state index in [1.54, 1.807) is 30.3 Å². The molecule has 2 aromatic heterocycles. The molecule has 1 unspecified atom stereocenters. The molecule has 1 aliphatic heterocycles. The van der Waals surface area contributed by atoms with Gasteiger partial charge in [0.15, 0.2) is 0 Å². The van der Waals surface area contributed by atoms with Crippen molar-refractivity contribution in [2.24, 2.45) is 5.92 Å². The summed E-state index contributed by atoms with van der Waals surface area (Å²) < 4.78 is 32.7. The number of anilines is 1. The van der Waals surface area contributed by atoms with Crippen LogP contribution in [0, 0.1) is 19.8 Å². The van der Waals surface area contributed by atoms with Crippen LogP contribution >= 0.6 is 11.3 Å². The number of hydrogen-bond donors (Lipinski definition) is 1. The van der Waals surface area contributed by atoms with Gasteiger partial charge in [0.1, 0.15) is 9.79 Å². The van der Waals surface area contributed by atoms with E-state index < -0.39 is 21.6 Å². The first-order chi connectivity index (χ1) is 14.2. The fraction of sp³-hybridized carbons (Fsp3) is 0.333. The first kappa shape index (κ1) is 20.8. The molecule has 0 aliphatic carbocycles. The van der Waals surface area contributed by atoms with Crippen LogP contribution in [-0.4, -0.2) is 31.7 Å². The smallest absolute Gasteiger partial charge is 0.336 e. The molecule has 1 aliphatic rings. The highest BCUT2D eigenvalue weighted by atomic mass is 32.2. The molecule has 3 heterocycles. The number of carbonyl (C=O) groups excluding carboxylic acids is 1. The van der Waals surface area contributed by atoms with Gasteiger partial charge in [-0.2, -0.15) is 4.31 Å². The maximum Gasteiger partial charge on any atom is 0.336 e. The van der Waals surface area contributed by atoms with Crippen LogP contribution < -0.4 is 10.9 Å². The summed E-state index contributed by atoms with van der Waals surface area (Å²) in [5, 5.41) is 3.64. The molecule has 1 N–H and O–H groups in total. The van der Waals surface area contributed by atoms with E-state index in [1.807, 2.05) is 13.8 Å². The lowest BCUT2D eigenvalue weighted by Crippen LogP contribution is -2.43. The van der Waals surface area contributed by atoms with E-state index >= 15 is 0 Å². The van der Waals surface area contributed by atoms with Crippen LogP contribution in [0.5, 0.6) is 0 Å². The van der Waals surface area contributed by atoms with Gasteiger partial charge in [0, 0.05) is 41.2 Å². The molecule has 1 saturated heterocycles.